The highest BCUT2D eigenvalue weighted by molar-refractivity contribution is 5.93. The lowest BCUT2D eigenvalue weighted by atomic mass is 10.1. The Balaban J connectivity index is 2.71. The lowest BCUT2D eigenvalue weighted by molar-refractivity contribution is 0.101. The van der Waals surface area contributed by atoms with E-state index in [0.29, 0.717) is 5.69 Å². The summed E-state index contributed by atoms with van der Waals surface area (Å²) in [5.41, 5.74) is 0.0972. The number of aromatic nitrogens is 1. The molecule has 1 heterocycles. The molecule has 0 spiro atoms. The Kier molecular flexibility index (Phi) is 3.29. The topological polar surface area (TPSA) is 39.1 Å². The zero-order valence-electron chi connectivity index (χ0n) is 10.4. The largest absolute Gasteiger partial charge is 0.318 e. The first-order chi connectivity index (χ1) is 8.90. The lowest BCUT2D eigenvalue weighted by Gasteiger charge is -2.12. The number of Topliss-reactive ketones (excluding diaryl/α,β-unsaturated/α-hetero) is 1. The van der Waals surface area contributed by atoms with Gasteiger partial charge in [-0.25, -0.2) is 8.78 Å². The van der Waals surface area contributed by atoms with Crippen LogP contribution in [0.2, 0.25) is 0 Å². The van der Waals surface area contributed by atoms with Crippen LogP contribution < -0.4 is 5.43 Å². The van der Waals surface area contributed by atoms with Crippen molar-refractivity contribution in [3.05, 3.63) is 63.6 Å². The van der Waals surface area contributed by atoms with Crippen LogP contribution in [0.3, 0.4) is 0 Å². The van der Waals surface area contributed by atoms with E-state index in [1.165, 1.54) is 29.8 Å². The van der Waals surface area contributed by atoms with E-state index in [9.17, 15) is 18.4 Å². The molecule has 0 bridgehead atoms. The standard InChI is InChI=1S/C14H11F2NO2/c1-8-5-14(19)11(9(2)18)7-17(8)13-4-3-10(15)6-12(13)16/h3-7H,1-2H3. The molecule has 0 saturated heterocycles. The zero-order chi connectivity index (χ0) is 14.2. The van der Waals surface area contributed by atoms with Crippen molar-refractivity contribution in [2.24, 2.45) is 0 Å². The normalized spacial score (nSPS) is 10.5. The SMILES string of the molecule is CC(=O)c1cn(-c2ccc(F)cc2F)c(C)cc1=O. The van der Waals surface area contributed by atoms with Gasteiger partial charge in [-0.1, -0.05) is 0 Å². The highest BCUT2D eigenvalue weighted by atomic mass is 19.1. The Bertz CT molecular complexity index is 720. The second kappa shape index (κ2) is 4.76. The number of pyridine rings is 1. The molecule has 1 aromatic carbocycles. The summed E-state index contributed by atoms with van der Waals surface area (Å²) in [5, 5.41) is 0. The van der Waals surface area contributed by atoms with Gasteiger partial charge in [0.2, 0.25) is 0 Å². The van der Waals surface area contributed by atoms with E-state index in [1.54, 1.807) is 6.92 Å². The average molecular weight is 263 g/mol. The summed E-state index contributed by atoms with van der Waals surface area (Å²) in [6.45, 7) is 2.87. The van der Waals surface area contributed by atoms with Crippen molar-refractivity contribution in [3.8, 4) is 5.69 Å². The smallest absolute Gasteiger partial charge is 0.192 e. The third-order valence-corrected chi connectivity index (χ3v) is 2.79. The van der Waals surface area contributed by atoms with Gasteiger partial charge in [-0.05, 0) is 26.0 Å². The lowest BCUT2D eigenvalue weighted by Crippen LogP contribution is -2.17. The third-order valence-electron chi connectivity index (χ3n) is 2.79. The van der Waals surface area contributed by atoms with Crippen molar-refractivity contribution in [1.82, 2.24) is 4.57 Å². The maximum absolute atomic E-state index is 13.7. The molecular weight excluding hydrogens is 252 g/mol. The molecule has 0 amide bonds. The van der Waals surface area contributed by atoms with Gasteiger partial charge < -0.3 is 4.57 Å². The summed E-state index contributed by atoms with van der Waals surface area (Å²) < 4.78 is 28.0. The monoisotopic (exact) mass is 263 g/mol. The van der Waals surface area contributed by atoms with Crippen molar-refractivity contribution in [2.45, 2.75) is 13.8 Å². The molecule has 19 heavy (non-hydrogen) atoms. The average Bonchev–Trinajstić information content (AvgIpc) is 2.30. The molecule has 0 aliphatic heterocycles. The summed E-state index contributed by atoms with van der Waals surface area (Å²) in [5.74, 6) is -1.85. The van der Waals surface area contributed by atoms with Gasteiger partial charge in [0.05, 0.1) is 11.3 Å². The number of aryl methyl sites for hydroxylation is 1. The molecule has 98 valence electrons. The fourth-order valence-electron chi connectivity index (χ4n) is 1.83. The molecule has 0 aliphatic rings. The number of carbonyl (C=O) groups is 1. The Morgan fingerprint density at radius 2 is 1.89 bits per heavy atom. The Hall–Kier alpha value is -2.30. The highest BCUT2D eigenvalue weighted by Gasteiger charge is 2.12. The maximum atomic E-state index is 13.7. The summed E-state index contributed by atoms with van der Waals surface area (Å²) >= 11 is 0. The quantitative estimate of drug-likeness (QED) is 0.781. The van der Waals surface area contributed by atoms with E-state index in [4.69, 9.17) is 0 Å². The number of rotatable bonds is 2. The molecule has 0 atom stereocenters. The van der Waals surface area contributed by atoms with Crippen molar-refractivity contribution in [3.63, 3.8) is 0 Å². The first-order valence-corrected chi connectivity index (χ1v) is 5.60. The van der Waals surface area contributed by atoms with Crippen LogP contribution in [0.25, 0.3) is 5.69 Å². The van der Waals surface area contributed by atoms with Gasteiger partial charge in [-0.3, -0.25) is 9.59 Å². The minimum absolute atomic E-state index is 0.0330. The summed E-state index contributed by atoms with van der Waals surface area (Å²) in [7, 11) is 0. The van der Waals surface area contributed by atoms with Crippen molar-refractivity contribution < 1.29 is 13.6 Å². The number of benzene rings is 1. The van der Waals surface area contributed by atoms with E-state index in [0.717, 1.165) is 12.1 Å². The molecule has 0 radical (unpaired) electrons. The fourth-order valence-corrected chi connectivity index (χ4v) is 1.83. The van der Waals surface area contributed by atoms with E-state index in [2.05, 4.69) is 0 Å². The second-order valence-electron chi connectivity index (χ2n) is 4.21. The number of halogens is 2. The van der Waals surface area contributed by atoms with Gasteiger partial charge in [0.1, 0.15) is 11.6 Å². The number of hydrogen-bond acceptors (Lipinski definition) is 2. The molecule has 0 unspecified atom stereocenters. The maximum Gasteiger partial charge on any atom is 0.192 e. The molecule has 0 aliphatic carbocycles. The van der Waals surface area contributed by atoms with Crippen LogP contribution in [0.1, 0.15) is 23.0 Å². The molecule has 0 N–H and O–H groups in total. The molecule has 2 aromatic rings. The van der Waals surface area contributed by atoms with Gasteiger partial charge in [-0.2, -0.15) is 0 Å². The zero-order valence-corrected chi connectivity index (χ0v) is 10.4. The summed E-state index contributed by atoms with van der Waals surface area (Å²) in [4.78, 5) is 22.9. The molecule has 0 fully saturated rings. The fraction of sp³-hybridized carbons (Fsp3) is 0.143. The molecule has 2 rings (SSSR count). The summed E-state index contributed by atoms with van der Waals surface area (Å²) in [6.07, 6.45) is 1.27. The van der Waals surface area contributed by atoms with Gasteiger partial charge >= 0.3 is 0 Å². The third kappa shape index (κ3) is 2.45. The van der Waals surface area contributed by atoms with Crippen LogP contribution in [0.4, 0.5) is 8.78 Å². The Morgan fingerprint density at radius 3 is 2.47 bits per heavy atom. The van der Waals surface area contributed by atoms with E-state index in [-0.39, 0.29) is 11.3 Å². The predicted molar refractivity (Wildman–Crippen MR) is 66.7 cm³/mol. The van der Waals surface area contributed by atoms with Crippen LogP contribution in [0.15, 0.2) is 35.3 Å². The first kappa shape index (κ1) is 13.1. The van der Waals surface area contributed by atoms with Gasteiger partial charge in [0, 0.05) is 24.0 Å². The Morgan fingerprint density at radius 1 is 1.21 bits per heavy atom. The van der Waals surface area contributed by atoms with Crippen LogP contribution in [0.5, 0.6) is 0 Å². The minimum Gasteiger partial charge on any atom is -0.318 e. The molecule has 1 aromatic heterocycles. The molecule has 0 saturated carbocycles. The highest BCUT2D eigenvalue weighted by Crippen LogP contribution is 2.16. The van der Waals surface area contributed by atoms with Crippen LogP contribution >= 0.6 is 0 Å². The Labute approximate surface area is 108 Å². The van der Waals surface area contributed by atoms with Crippen molar-refractivity contribution >= 4 is 5.78 Å². The summed E-state index contributed by atoms with van der Waals surface area (Å²) in [6, 6.07) is 4.37. The van der Waals surface area contributed by atoms with Gasteiger partial charge in [0.15, 0.2) is 11.2 Å². The van der Waals surface area contributed by atoms with E-state index < -0.39 is 22.8 Å². The molecule has 3 nitrogen and oxygen atoms in total. The van der Waals surface area contributed by atoms with Gasteiger partial charge in [0.25, 0.3) is 0 Å². The number of hydrogen-bond donors (Lipinski definition) is 0. The van der Waals surface area contributed by atoms with Crippen molar-refractivity contribution in [2.75, 3.05) is 0 Å². The molecular formula is C14H11F2NO2. The van der Waals surface area contributed by atoms with Gasteiger partial charge in [-0.15, -0.1) is 0 Å². The van der Waals surface area contributed by atoms with Crippen LogP contribution in [-0.2, 0) is 0 Å². The van der Waals surface area contributed by atoms with E-state index in [1.807, 2.05) is 0 Å². The number of carbonyl (C=O) groups excluding carboxylic acids is 1. The number of nitrogens with zero attached hydrogens (tertiary/aromatic N) is 1. The van der Waals surface area contributed by atoms with E-state index >= 15 is 0 Å². The first-order valence-electron chi connectivity index (χ1n) is 5.60. The molecule has 5 heteroatoms. The van der Waals surface area contributed by atoms with Crippen molar-refractivity contribution in [1.29, 1.82) is 0 Å². The van der Waals surface area contributed by atoms with Crippen LogP contribution in [0, 0.1) is 18.6 Å². The second-order valence-corrected chi connectivity index (χ2v) is 4.21. The minimum atomic E-state index is -0.763. The predicted octanol–water partition coefficient (Wildman–Crippen LogP) is 2.63. The van der Waals surface area contributed by atoms with Crippen LogP contribution in [-0.4, -0.2) is 10.4 Å². The number of ketones is 1.